The summed E-state index contributed by atoms with van der Waals surface area (Å²) in [6.07, 6.45) is 1.67. The number of benzene rings is 2. The maximum Gasteiger partial charge on any atom is 0.337 e. The minimum atomic E-state index is -0.405. The number of thiazole rings is 1. The first-order chi connectivity index (χ1) is 14.2. The number of nitrogens with two attached hydrogens (primary N) is 1. The van der Waals surface area contributed by atoms with Crippen molar-refractivity contribution in [2.75, 3.05) is 18.2 Å². The van der Waals surface area contributed by atoms with E-state index in [1.165, 1.54) is 18.4 Å². The molecule has 0 radical (unpaired) electrons. The third-order valence-corrected chi connectivity index (χ3v) is 5.06. The molecular weight excluding hydrogens is 386 g/mol. The Bertz CT molecular complexity index is 1170. The number of esters is 1. The summed E-state index contributed by atoms with van der Waals surface area (Å²) in [6.45, 7) is 0. The lowest BCUT2D eigenvalue weighted by molar-refractivity contribution is 0.0601. The van der Waals surface area contributed by atoms with Crippen molar-refractivity contribution < 1.29 is 9.53 Å². The Morgan fingerprint density at radius 1 is 1.10 bits per heavy atom. The molecule has 144 valence electrons. The SMILES string of the molecule is COC(=O)c1cccc(Nc2nccc(-c3scnc3-c3ccccc3N)n2)c1. The molecule has 0 spiro atoms. The van der Waals surface area contributed by atoms with Crippen molar-refractivity contribution in [1.82, 2.24) is 15.0 Å². The van der Waals surface area contributed by atoms with Crippen LogP contribution in [-0.4, -0.2) is 28.0 Å². The van der Waals surface area contributed by atoms with Crippen LogP contribution in [0.5, 0.6) is 0 Å². The summed E-state index contributed by atoms with van der Waals surface area (Å²) in [4.78, 5) is 26.0. The standard InChI is InChI=1S/C21H17N5O2S/c1-28-20(27)13-5-4-6-14(11-13)25-21-23-10-9-17(26-21)19-18(24-12-29-19)15-7-2-3-8-16(15)22/h2-12H,22H2,1H3,(H,23,25,26). The molecule has 0 saturated carbocycles. The van der Waals surface area contributed by atoms with Crippen LogP contribution < -0.4 is 11.1 Å². The van der Waals surface area contributed by atoms with Crippen LogP contribution in [0.25, 0.3) is 21.8 Å². The lowest BCUT2D eigenvalue weighted by atomic mass is 10.1. The first kappa shape index (κ1) is 18.6. The number of nitrogens with one attached hydrogen (secondary N) is 1. The molecule has 0 saturated heterocycles. The summed E-state index contributed by atoms with van der Waals surface area (Å²) in [7, 11) is 1.35. The first-order valence-corrected chi connectivity index (χ1v) is 9.61. The highest BCUT2D eigenvalue weighted by atomic mass is 32.1. The number of hydrogen-bond donors (Lipinski definition) is 2. The van der Waals surface area contributed by atoms with Gasteiger partial charge in [-0.3, -0.25) is 0 Å². The molecular formula is C21H17N5O2S. The fourth-order valence-corrected chi connectivity index (χ4v) is 3.62. The topological polar surface area (TPSA) is 103 Å². The Labute approximate surface area is 171 Å². The molecule has 29 heavy (non-hydrogen) atoms. The molecule has 2 aromatic heterocycles. The maximum atomic E-state index is 11.7. The second-order valence-electron chi connectivity index (χ2n) is 6.08. The smallest absolute Gasteiger partial charge is 0.337 e. The highest BCUT2D eigenvalue weighted by molar-refractivity contribution is 7.13. The zero-order chi connectivity index (χ0) is 20.2. The third-order valence-electron chi connectivity index (χ3n) is 4.21. The van der Waals surface area contributed by atoms with Gasteiger partial charge in [-0.05, 0) is 30.3 Å². The van der Waals surface area contributed by atoms with Gasteiger partial charge in [-0.2, -0.15) is 0 Å². The molecule has 8 heteroatoms. The Morgan fingerprint density at radius 3 is 2.79 bits per heavy atom. The van der Waals surface area contributed by atoms with Crippen LogP contribution in [0.3, 0.4) is 0 Å². The molecule has 0 fully saturated rings. The molecule has 4 aromatic rings. The molecule has 2 heterocycles. The molecule has 0 aliphatic heterocycles. The maximum absolute atomic E-state index is 11.7. The second-order valence-corrected chi connectivity index (χ2v) is 6.93. The van der Waals surface area contributed by atoms with Gasteiger partial charge in [0.05, 0.1) is 34.4 Å². The molecule has 0 atom stereocenters. The fraction of sp³-hybridized carbons (Fsp3) is 0.0476. The zero-order valence-electron chi connectivity index (χ0n) is 15.5. The van der Waals surface area contributed by atoms with E-state index < -0.39 is 5.97 Å². The fourth-order valence-electron chi connectivity index (χ4n) is 2.85. The van der Waals surface area contributed by atoms with E-state index in [4.69, 9.17) is 10.5 Å². The van der Waals surface area contributed by atoms with Gasteiger partial charge in [-0.25, -0.2) is 19.7 Å². The van der Waals surface area contributed by atoms with Gasteiger partial charge in [0, 0.05) is 23.1 Å². The van der Waals surface area contributed by atoms with Gasteiger partial charge in [0.1, 0.15) is 0 Å². The lowest BCUT2D eigenvalue weighted by Gasteiger charge is -2.08. The highest BCUT2D eigenvalue weighted by Gasteiger charge is 2.15. The van der Waals surface area contributed by atoms with Crippen LogP contribution in [0, 0.1) is 0 Å². The summed E-state index contributed by atoms with van der Waals surface area (Å²) in [5, 5.41) is 3.13. The summed E-state index contributed by atoms with van der Waals surface area (Å²) < 4.78 is 4.76. The van der Waals surface area contributed by atoms with Crippen LogP contribution in [0.2, 0.25) is 0 Å². The Hall–Kier alpha value is -3.78. The van der Waals surface area contributed by atoms with Crippen molar-refractivity contribution >= 4 is 34.6 Å². The van der Waals surface area contributed by atoms with E-state index in [0.717, 1.165) is 21.8 Å². The van der Waals surface area contributed by atoms with Crippen LogP contribution in [0.15, 0.2) is 66.3 Å². The van der Waals surface area contributed by atoms with Crippen molar-refractivity contribution in [2.45, 2.75) is 0 Å². The average Bonchev–Trinajstić information content (AvgIpc) is 3.23. The number of carbonyl (C=O) groups is 1. The van der Waals surface area contributed by atoms with Crippen molar-refractivity contribution in [1.29, 1.82) is 0 Å². The third kappa shape index (κ3) is 3.92. The number of aromatic nitrogens is 3. The lowest BCUT2D eigenvalue weighted by Crippen LogP contribution is -2.03. The van der Waals surface area contributed by atoms with Crippen molar-refractivity contribution in [2.24, 2.45) is 0 Å². The quantitative estimate of drug-likeness (QED) is 0.376. The predicted molar refractivity (Wildman–Crippen MR) is 114 cm³/mol. The van der Waals surface area contributed by atoms with E-state index in [2.05, 4.69) is 20.3 Å². The van der Waals surface area contributed by atoms with Crippen LogP contribution in [0.4, 0.5) is 17.3 Å². The Balaban J connectivity index is 1.65. The Kier molecular flexibility index (Phi) is 5.17. The Morgan fingerprint density at radius 2 is 1.97 bits per heavy atom. The largest absolute Gasteiger partial charge is 0.465 e. The molecule has 0 bridgehead atoms. The number of rotatable bonds is 5. The molecule has 7 nitrogen and oxygen atoms in total. The van der Waals surface area contributed by atoms with Crippen molar-refractivity contribution in [3.8, 4) is 21.8 Å². The summed E-state index contributed by atoms with van der Waals surface area (Å²) in [5.74, 6) is 0.00275. The van der Waals surface area contributed by atoms with Gasteiger partial charge >= 0.3 is 5.97 Å². The summed E-state index contributed by atoms with van der Waals surface area (Å²) >= 11 is 1.48. The molecule has 0 aliphatic carbocycles. The molecule has 0 amide bonds. The molecule has 3 N–H and O–H groups in total. The normalized spacial score (nSPS) is 10.5. The molecule has 0 unspecified atom stereocenters. The van der Waals surface area contributed by atoms with E-state index in [1.54, 1.807) is 29.9 Å². The van der Waals surface area contributed by atoms with Crippen molar-refractivity contribution in [3.05, 3.63) is 71.9 Å². The minimum absolute atomic E-state index is 0.405. The van der Waals surface area contributed by atoms with Crippen LogP contribution in [-0.2, 0) is 4.74 Å². The van der Waals surface area contributed by atoms with E-state index in [1.807, 2.05) is 36.4 Å². The highest BCUT2D eigenvalue weighted by Crippen LogP contribution is 2.36. The molecule has 0 aliphatic rings. The summed E-state index contributed by atoms with van der Waals surface area (Å²) in [5.41, 5.74) is 12.1. The number of methoxy groups -OCH3 is 1. The first-order valence-electron chi connectivity index (χ1n) is 8.73. The van der Waals surface area contributed by atoms with Crippen LogP contribution >= 0.6 is 11.3 Å². The number of hydrogen-bond acceptors (Lipinski definition) is 8. The number of nitrogen functional groups attached to an aromatic ring is 1. The number of para-hydroxylation sites is 1. The van der Waals surface area contributed by atoms with E-state index in [-0.39, 0.29) is 0 Å². The van der Waals surface area contributed by atoms with Gasteiger partial charge in [0.2, 0.25) is 5.95 Å². The van der Waals surface area contributed by atoms with Gasteiger partial charge < -0.3 is 15.8 Å². The number of carbonyl (C=O) groups excluding carboxylic acids is 1. The zero-order valence-corrected chi connectivity index (χ0v) is 16.3. The monoisotopic (exact) mass is 403 g/mol. The number of anilines is 3. The van der Waals surface area contributed by atoms with Gasteiger partial charge in [-0.15, -0.1) is 11.3 Å². The van der Waals surface area contributed by atoms with E-state index in [0.29, 0.717) is 22.9 Å². The van der Waals surface area contributed by atoms with Crippen LogP contribution in [0.1, 0.15) is 10.4 Å². The average molecular weight is 403 g/mol. The van der Waals surface area contributed by atoms with E-state index in [9.17, 15) is 4.79 Å². The van der Waals surface area contributed by atoms with Gasteiger partial charge in [-0.1, -0.05) is 24.3 Å². The number of nitrogens with zero attached hydrogens (tertiary/aromatic N) is 3. The number of ether oxygens (including phenoxy) is 1. The van der Waals surface area contributed by atoms with E-state index >= 15 is 0 Å². The molecule has 4 rings (SSSR count). The minimum Gasteiger partial charge on any atom is -0.465 e. The molecule has 2 aromatic carbocycles. The van der Waals surface area contributed by atoms with Crippen molar-refractivity contribution in [3.63, 3.8) is 0 Å². The van der Waals surface area contributed by atoms with Gasteiger partial charge in [0.25, 0.3) is 0 Å². The summed E-state index contributed by atoms with van der Waals surface area (Å²) in [6, 6.07) is 16.4. The van der Waals surface area contributed by atoms with Gasteiger partial charge in [0.15, 0.2) is 0 Å². The second kappa shape index (κ2) is 8.07. The predicted octanol–water partition coefficient (Wildman–Crippen LogP) is 4.38.